The molecule has 0 aliphatic heterocycles. The van der Waals surface area contributed by atoms with Gasteiger partial charge in [-0.25, -0.2) is 9.98 Å². The Labute approximate surface area is 231 Å². The van der Waals surface area contributed by atoms with Crippen molar-refractivity contribution in [2.24, 2.45) is 20.2 Å². The predicted molar refractivity (Wildman–Crippen MR) is 166 cm³/mol. The average molecular weight is 537 g/mol. The van der Waals surface area contributed by atoms with E-state index in [2.05, 4.69) is 34.9 Å². The predicted octanol–water partition coefficient (Wildman–Crippen LogP) is 7.61. The zero-order valence-electron chi connectivity index (χ0n) is 21.2. The Bertz CT molecular complexity index is 1290. The molecule has 4 rings (SSSR count). The van der Waals surface area contributed by atoms with E-state index in [1.165, 1.54) is 32.7 Å². The van der Waals surface area contributed by atoms with Crippen molar-refractivity contribution in [3.63, 3.8) is 0 Å². The van der Waals surface area contributed by atoms with Crippen molar-refractivity contribution < 1.29 is 0 Å². The van der Waals surface area contributed by atoms with Crippen molar-refractivity contribution in [3.8, 4) is 0 Å². The van der Waals surface area contributed by atoms with Crippen LogP contribution >= 0.6 is 21.6 Å². The highest BCUT2D eigenvalue weighted by Crippen LogP contribution is 2.27. The number of hydrogen-bond acceptors (Lipinski definition) is 6. The van der Waals surface area contributed by atoms with Gasteiger partial charge >= 0.3 is 0 Å². The second-order valence-corrected chi connectivity index (χ2v) is 10.3. The maximum Gasteiger partial charge on any atom is 0.193 e. The molecule has 0 saturated heterocycles. The van der Waals surface area contributed by atoms with Crippen LogP contribution in [0.15, 0.2) is 129 Å². The molecule has 2 N–H and O–H groups in total. The molecule has 0 saturated carbocycles. The maximum atomic E-state index is 4.76. The fourth-order valence-corrected chi connectivity index (χ4v) is 4.62. The molecule has 8 heteroatoms. The molecule has 190 valence electrons. The van der Waals surface area contributed by atoms with Gasteiger partial charge in [-0.1, -0.05) is 96.1 Å². The smallest absolute Gasteiger partial charge is 0.193 e. The number of rotatable bonds is 6. The molecule has 38 heavy (non-hydrogen) atoms. The number of benzene rings is 4. The molecule has 0 radical (unpaired) electrons. The number of nitrogens with zero attached hydrogens (tertiary/aromatic N) is 4. The highest BCUT2D eigenvalue weighted by atomic mass is 33.1. The molecule has 6 nitrogen and oxygen atoms in total. The molecule has 0 amide bonds. The van der Waals surface area contributed by atoms with Gasteiger partial charge < -0.3 is 0 Å². The van der Waals surface area contributed by atoms with Gasteiger partial charge in [-0.3, -0.25) is 10.9 Å². The van der Waals surface area contributed by atoms with Crippen LogP contribution in [0.5, 0.6) is 0 Å². The van der Waals surface area contributed by atoms with E-state index in [0.717, 1.165) is 22.5 Å². The first-order chi connectivity index (χ1) is 18.6. The minimum atomic E-state index is 0.608. The summed E-state index contributed by atoms with van der Waals surface area (Å²) in [5.74, 6) is 0. The van der Waals surface area contributed by atoms with Gasteiger partial charge in [0, 0.05) is 0 Å². The Morgan fingerprint density at radius 3 is 1.26 bits per heavy atom. The Hall–Kier alpha value is -4.14. The highest BCUT2D eigenvalue weighted by Gasteiger charge is 2.07. The molecule has 0 atom stereocenters. The van der Waals surface area contributed by atoms with Gasteiger partial charge in [-0.05, 0) is 70.8 Å². The van der Waals surface area contributed by atoms with Crippen LogP contribution in [-0.2, 0) is 0 Å². The van der Waals surface area contributed by atoms with Gasteiger partial charge in [0.25, 0.3) is 0 Å². The lowest BCUT2D eigenvalue weighted by molar-refractivity contribution is 1.05. The van der Waals surface area contributed by atoms with Crippen LogP contribution < -0.4 is 10.9 Å². The van der Waals surface area contributed by atoms with Gasteiger partial charge in [-0.2, -0.15) is 10.2 Å². The van der Waals surface area contributed by atoms with Crippen LogP contribution in [-0.4, -0.2) is 22.8 Å². The van der Waals surface area contributed by atoms with Gasteiger partial charge in [0.1, 0.15) is 0 Å². The third-order valence-electron chi connectivity index (χ3n) is 5.08. The summed E-state index contributed by atoms with van der Waals surface area (Å²) in [7, 11) is 2.81. The maximum absolute atomic E-state index is 4.76. The van der Waals surface area contributed by atoms with Gasteiger partial charge in [0.2, 0.25) is 0 Å². The van der Waals surface area contributed by atoms with Crippen molar-refractivity contribution in [2.75, 3.05) is 0 Å². The molecule has 0 fully saturated rings. The Morgan fingerprint density at radius 2 is 0.895 bits per heavy atom. The third-order valence-corrected chi connectivity index (χ3v) is 7.04. The summed E-state index contributed by atoms with van der Waals surface area (Å²) in [5.41, 5.74) is 12.2. The molecular formula is C30H28N6S2. The number of aryl methyl sites for hydroxylation is 2. The molecule has 0 aromatic heterocycles. The molecule has 0 aliphatic carbocycles. The van der Waals surface area contributed by atoms with E-state index in [-0.39, 0.29) is 0 Å². The highest BCUT2D eigenvalue weighted by molar-refractivity contribution is 8.87. The summed E-state index contributed by atoms with van der Waals surface area (Å²) in [4.78, 5) is 9.52. The van der Waals surface area contributed by atoms with Gasteiger partial charge in [0.15, 0.2) is 10.3 Å². The molecule has 0 aliphatic rings. The Morgan fingerprint density at radius 1 is 0.526 bits per heavy atom. The monoisotopic (exact) mass is 536 g/mol. The first kappa shape index (κ1) is 26.9. The minimum Gasteiger partial charge on any atom is -0.255 e. The van der Waals surface area contributed by atoms with Crippen molar-refractivity contribution in [1.82, 2.24) is 10.9 Å². The van der Waals surface area contributed by atoms with Crippen molar-refractivity contribution in [1.29, 1.82) is 0 Å². The van der Waals surface area contributed by atoms with Crippen molar-refractivity contribution >= 4 is 55.7 Å². The second-order valence-electron chi connectivity index (χ2n) is 8.23. The molecule has 0 spiro atoms. The lowest BCUT2D eigenvalue weighted by atomic mass is 10.2. The number of aliphatic imine (C=N–C) groups is 2. The van der Waals surface area contributed by atoms with Crippen LogP contribution in [0.3, 0.4) is 0 Å². The number of hydrogen-bond donors (Lipinski definition) is 2. The van der Waals surface area contributed by atoms with E-state index < -0.39 is 0 Å². The summed E-state index contributed by atoms with van der Waals surface area (Å²) in [6, 6.07) is 35.9. The topological polar surface area (TPSA) is 73.5 Å². The fourth-order valence-electron chi connectivity index (χ4n) is 3.08. The lowest BCUT2D eigenvalue weighted by Gasteiger charge is -2.08. The van der Waals surface area contributed by atoms with Gasteiger partial charge in [-0.15, -0.1) is 0 Å². The fraction of sp³-hybridized carbons (Fsp3) is 0.0667. The molecule has 0 bridgehead atoms. The summed E-state index contributed by atoms with van der Waals surface area (Å²) in [5, 5.41) is 10.0. The van der Waals surface area contributed by atoms with Gasteiger partial charge in [0.05, 0.1) is 23.8 Å². The van der Waals surface area contributed by atoms with E-state index in [1.807, 2.05) is 109 Å². The lowest BCUT2D eigenvalue weighted by Crippen LogP contribution is -2.16. The SMILES string of the molecule is Cc1ccc(N=C(N/N=C/c2ccccc2)SSC(=Nc2ccc(C)cc2)N/N=C/c2ccccc2)cc1. The summed E-state index contributed by atoms with van der Waals surface area (Å²) in [6.07, 6.45) is 3.53. The first-order valence-corrected chi connectivity index (χ1v) is 14.1. The Balaban J connectivity index is 1.53. The van der Waals surface area contributed by atoms with E-state index in [9.17, 15) is 0 Å². The van der Waals surface area contributed by atoms with E-state index >= 15 is 0 Å². The average Bonchev–Trinajstić information content (AvgIpc) is 2.95. The van der Waals surface area contributed by atoms with E-state index in [0.29, 0.717) is 10.3 Å². The summed E-state index contributed by atoms with van der Waals surface area (Å²) in [6.45, 7) is 4.10. The minimum absolute atomic E-state index is 0.608. The molecule has 4 aromatic carbocycles. The quantitative estimate of drug-likeness (QED) is 0.115. The second kappa shape index (κ2) is 14.6. The summed E-state index contributed by atoms with van der Waals surface area (Å²) >= 11 is 0. The molecule has 0 unspecified atom stereocenters. The molecular weight excluding hydrogens is 509 g/mol. The van der Waals surface area contributed by atoms with Crippen molar-refractivity contribution in [3.05, 3.63) is 131 Å². The van der Waals surface area contributed by atoms with Crippen LogP contribution in [0.1, 0.15) is 22.3 Å². The Kier molecular flexibility index (Phi) is 10.3. The number of nitrogens with one attached hydrogen (secondary N) is 2. The van der Waals surface area contributed by atoms with Crippen molar-refractivity contribution in [2.45, 2.75) is 13.8 Å². The van der Waals surface area contributed by atoms with Crippen LogP contribution in [0, 0.1) is 13.8 Å². The number of amidine groups is 2. The largest absolute Gasteiger partial charge is 0.255 e. The van der Waals surface area contributed by atoms with Crippen LogP contribution in [0.4, 0.5) is 11.4 Å². The first-order valence-electron chi connectivity index (χ1n) is 12.0. The van der Waals surface area contributed by atoms with E-state index in [1.54, 1.807) is 12.4 Å². The van der Waals surface area contributed by atoms with Crippen LogP contribution in [0.25, 0.3) is 0 Å². The van der Waals surface area contributed by atoms with Crippen LogP contribution in [0.2, 0.25) is 0 Å². The molecule has 0 heterocycles. The summed E-state index contributed by atoms with van der Waals surface area (Å²) < 4.78 is 0. The normalized spacial score (nSPS) is 12.3. The third kappa shape index (κ3) is 9.38. The molecule has 4 aromatic rings. The standard InChI is InChI=1S/C30H28N6S2/c1-23-13-17-27(18-14-23)33-29(35-31-21-25-9-5-3-6-10-25)37-38-30(34-28-19-15-24(2)16-20-28)36-32-22-26-11-7-4-8-12-26/h3-22H,1-2H3,(H,33,35)(H,34,36)/b31-21+,32-22+. The van der Waals surface area contributed by atoms with E-state index in [4.69, 9.17) is 9.98 Å². The zero-order valence-corrected chi connectivity index (χ0v) is 22.8. The number of hydrazone groups is 2. The zero-order chi connectivity index (χ0) is 26.4.